The molecule has 23 heavy (non-hydrogen) atoms. The number of benzene rings is 2. The number of nitrogens with two attached hydrogens (primary N) is 1. The Hall–Kier alpha value is -1.32. The van der Waals surface area contributed by atoms with E-state index in [1.165, 1.54) is 30.3 Å². The first kappa shape index (κ1) is 18.0. The van der Waals surface area contributed by atoms with Crippen molar-refractivity contribution in [3.8, 4) is 0 Å². The van der Waals surface area contributed by atoms with E-state index in [-0.39, 0.29) is 25.5 Å². The summed E-state index contributed by atoms with van der Waals surface area (Å²) in [6.07, 6.45) is 0. The van der Waals surface area contributed by atoms with Gasteiger partial charge in [0.2, 0.25) is 10.0 Å². The molecule has 0 bridgehead atoms. The van der Waals surface area contributed by atoms with Gasteiger partial charge in [0.15, 0.2) is 0 Å². The largest absolute Gasteiger partial charge is 0.278 e. The molecule has 0 atom stereocenters. The van der Waals surface area contributed by atoms with Crippen molar-refractivity contribution in [2.75, 3.05) is 4.72 Å². The standard InChI is InChI=1S/C13H12Cl2N2O4S2/c1-8-5-6-10(12(7-8)22(16,18)19)17-23(20,21)11-4-2-3-9(14)13(11)15/h2-7,17H,1H3,(H2,16,18,19). The second kappa shape index (κ2) is 6.29. The van der Waals surface area contributed by atoms with Crippen molar-refractivity contribution >= 4 is 48.9 Å². The van der Waals surface area contributed by atoms with Gasteiger partial charge in [0, 0.05) is 0 Å². The van der Waals surface area contributed by atoms with Gasteiger partial charge in [-0.15, -0.1) is 0 Å². The summed E-state index contributed by atoms with van der Waals surface area (Å²) < 4.78 is 50.4. The summed E-state index contributed by atoms with van der Waals surface area (Å²) in [5.41, 5.74) is 0.437. The Morgan fingerprint density at radius 3 is 2.26 bits per heavy atom. The summed E-state index contributed by atoms with van der Waals surface area (Å²) in [7, 11) is -8.26. The van der Waals surface area contributed by atoms with Gasteiger partial charge in [-0.25, -0.2) is 22.0 Å². The maximum Gasteiger partial charge on any atom is 0.263 e. The summed E-state index contributed by atoms with van der Waals surface area (Å²) in [4.78, 5) is -0.605. The van der Waals surface area contributed by atoms with Gasteiger partial charge in [-0.1, -0.05) is 35.3 Å². The van der Waals surface area contributed by atoms with E-state index in [2.05, 4.69) is 4.72 Å². The maximum absolute atomic E-state index is 12.4. The van der Waals surface area contributed by atoms with Crippen LogP contribution in [0.1, 0.15) is 5.56 Å². The average molecular weight is 395 g/mol. The second-order valence-electron chi connectivity index (χ2n) is 4.70. The van der Waals surface area contributed by atoms with Gasteiger partial charge in [0.1, 0.15) is 9.79 Å². The molecule has 2 aromatic rings. The molecule has 3 N–H and O–H groups in total. The third kappa shape index (κ3) is 3.96. The van der Waals surface area contributed by atoms with E-state index in [0.717, 1.165) is 0 Å². The van der Waals surface area contributed by atoms with E-state index in [1.807, 2.05) is 0 Å². The highest BCUT2D eigenvalue weighted by atomic mass is 35.5. The van der Waals surface area contributed by atoms with Crippen molar-refractivity contribution in [3.63, 3.8) is 0 Å². The molecule has 0 aromatic heterocycles. The predicted molar refractivity (Wildman–Crippen MR) is 89.8 cm³/mol. The monoisotopic (exact) mass is 394 g/mol. The van der Waals surface area contributed by atoms with E-state index < -0.39 is 20.0 Å². The number of halogens is 2. The van der Waals surface area contributed by atoms with Gasteiger partial charge in [0.25, 0.3) is 10.0 Å². The summed E-state index contributed by atoms with van der Waals surface area (Å²) in [6, 6.07) is 8.23. The molecule has 10 heteroatoms. The van der Waals surface area contributed by atoms with Crippen molar-refractivity contribution in [1.29, 1.82) is 0 Å². The van der Waals surface area contributed by atoms with Crippen LogP contribution in [-0.2, 0) is 20.0 Å². The highest BCUT2D eigenvalue weighted by molar-refractivity contribution is 7.93. The zero-order valence-corrected chi connectivity index (χ0v) is 14.9. The van der Waals surface area contributed by atoms with Crippen molar-refractivity contribution in [2.24, 2.45) is 5.14 Å². The summed E-state index contributed by atoms with van der Waals surface area (Å²) >= 11 is 11.7. The molecular formula is C13H12Cl2N2O4S2. The maximum atomic E-state index is 12.4. The quantitative estimate of drug-likeness (QED) is 0.830. The number of rotatable bonds is 4. The lowest BCUT2D eigenvalue weighted by atomic mass is 10.2. The minimum absolute atomic E-state index is 0.0603. The van der Waals surface area contributed by atoms with E-state index in [9.17, 15) is 16.8 Å². The average Bonchev–Trinajstić information content (AvgIpc) is 2.42. The number of nitrogens with one attached hydrogen (secondary N) is 1. The molecule has 0 heterocycles. The van der Waals surface area contributed by atoms with Gasteiger partial charge >= 0.3 is 0 Å². The Morgan fingerprint density at radius 2 is 1.65 bits per heavy atom. The van der Waals surface area contributed by atoms with Gasteiger partial charge in [-0.3, -0.25) is 4.72 Å². The Bertz CT molecular complexity index is 973. The lowest BCUT2D eigenvalue weighted by molar-refractivity contribution is 0.598. The van der Waals surface area contributed by atoms with E-state index >= 15 is 0 Å². The predicted octanol–water partition coefficient (Wildman–Crippen LogP) is 2.75. The van der Waals surface area contributed by atoms with Crippen LogP contribution in [0.2, 0.25) is 10.0 Å². The molecule has 2 rings (SSSR count). The molecule has 0 amide bonds. The third-order valence-corrected chi connectivity index (χ3v) is 6.18. The SMILES string of the molecule is Cc1ccc(NS(=O)(=O)c2cccc(Cl)c2Cl)c(S(N)(=O)=O)c1. The Kier molecular flexibility index (Phi) is 4.93. The summed E-state index contributed by atoms with van der Waals surface area (Å²) in [5.74, 6) is 0. The number of sulfonamides is 2. The van der Waals surface area contributed by atoms with Crippen LogP contribution in [-0.4, -0.2) is 16.8 Å². The van der Waals surface area contributed by atoms with Gasteiger partial charge in [-0.05, 0) is 36.8 Å². The van der Waals surface area contributed by atoms with Gasteiger partial charge in [-0.2, -0.15) is 0 Å². The summed E-state index contributed by atoms with van der Waals surface area (Å²) in [6.45, 7) is 1.65. The van der Waals surface area contributed by atoms with Crippen LogP contribution < -0.4 is 9.86 Å². The highest BCUT2D eigenvalue weighted by Crippen LogP contribution is 2.31. The van der Waals surface area contributed by atoms with Crippen LogP contribution in [0.25, 0.3) is 0 Å². The fourth-order valence-corrected chi connectivity index (χ4v) is 4.52. The van der Waals surface area contributed by atoms with E-state index in [0.29, 0.717) is 5.56 Å². The molecule has 0 saturated heterocycles. The van der Waals surface area contributed by atoms with Crippen molar-refractivity contribution in [3.05, 3.63) is 52.0 Å². The molecule has 0 spiro atoms. The fourth-order valence-electron chi connectivity index (χ4n) is 1.84. The van der Waals surface area contributed by atoms with Crippen LogP contribution in [0.5, 0.6) is 0 Å². The Morgan fingerprint density at radius 1 is 1.00 bits per heavy atom. The molecule has 124 valence electrons. The molecule has 6 nitrogen and oxygen atoms in total. The highest BCUT2D eigenvalue weighted by Gasteiger charge is 2.23. The van der Waals surface area contributed by atoms with Crippen molar-refractivity contribution in [1.82, 2.24) is 0 Å². The number of hydrogen-bond acceptors (Lipinski definition) is 4. The first-order valence-electron chi connectivity index (χ1n) is 6.12. The molecule has 0 aliphatic carbocycles. The molecule has 0 aliphatic rings. The van der Waals surface area contributed by atoms with Crippen molar-refractivity contribution in [2.45, 2.75) is 16.7 Å². The number of primary sulfonamides is 1. The first-order chi connectivity index (χ1) is 10.5. The lowest BCUT2D eigenvalue weighted by Gasteiger charge is -2.13. The third-order valence-electron chi connectivity index (χ3n) is 2.89. The molecule has 0 fully saturated rings. The smallest absolute Gasteiger partial charge is 0.263 e. The number of aryl methyl sites for hydroxylation is 1. The normalized spacial score (nSPS) is 12.2. The minimum Gasteiger partial charge on any atom is -0.278 e. The van der Waals surface area contributed by atoms with E-state index in [4.69, 9.17) is 28.3 Å². The molecule has 0 radical (unpaired) electrons. The number of anilines is 1. The van der Waals surface area contributed by atoms with E-state index in [1.54, 1.807) is 13.0 Å². The van der Waals surface area contributed by atoms with Gasteiger partial charge in [0.05, 0.1) is 15.7 Å². The first-order valence-corrected chi connectivity index (χ1v) is 9.91. The Balaban J connectivity index is 2.57. The lowest BCUT2D eigenvalue weighted by Crippen LogP contribution is -2.19. The van der Waals surface area contributed by atoms with Crippen LogP contribution in [0.15, 0.2) is 46.2 Å². The fraction of sp³-hybridized carbons (Fsp3) is 0.0769. The molecule has 0 unspecified atom stereocenters. The molecule has 0 aliphatic heterocycles. The summed E-state index contributed by atoms with van der Waals surface area (Å²) in [5, 5.41) is 5.03. The van der Waals surface area contributed by atoms with Crippen LogP contribution in [0.3, 0.4) is 0 Å². The molecular weight excluding hydrogens is 383 g/mol. The topological polar surface area (TPSA) is 106 Å². The van der Waals surface area contributed by atoms with Crippen LogP contribution >= 0.6 is 23.2 Å². The minimum atomic E-state index is -4.15. The van der Waals surface area contributed by atoms with Crippen LogP contribution in [0.4, 0.5) is 5.69 Å². The second-order valence-corrected chi connectivity index (χ2v) is 8.67. The Labute approximate surface area is 144 Å². The zero-order valence-electron chi connectivity index (χ0n) is 11.7. The van der Waals surface area contributed by atoms with Gasteiger partial charge < -0.3 is 0 Å². The van der Waals surface area contributed by atoms with Crippen molar-refractivity contribution < 1.29 is 16.8 Å². The molecule has 2 aromatic carbocycles. The number of hydrogen-bond donors (Lipinski definition) is 2. The van der Waals surface area contributed by atoms with Crippen LogP contribution in [0, 0.1) is 6.92 Å². The zero-order chi connectivity index (χ0) is 17.4. The molecule has 0 saturated carbocycles.